The van der Waals surface area contributed by atoms with Crippen LogP contribution in [0.25, 0.3) is 5.69 Å². The van der Waals surface area contributed by atoms with Crippen molar-refractivity contribution < 1.29 is 0 Å². The lowest BCUT2D eigenvalue weighted by molar-refractivity contribution is 0.837. The molecule has 0 saturated heterocycles. The van der Waals surface area contributed by atoms with E-state index in [-0.39, 0.29) is 0 Å². The maximum atomic E-state index is 6.13. The summed E-state index contributed by atoms with van der Waals surface area (Å²) in [4.78, 5) is 1.99. The number of aryl methyl sites for hydroxylation is 2. The van der Waals surface area contributed by atoms with Crippen LogP contribution in [0.2, 0.25) is 5.02 Å². The lowest BCUT2D eigenvalue weighted by atomic mass is 10.2. The van der Waals surface area contributed by atoms with E-state index in [1.165, 1.54) is 0 Å². The van der Waals surface area contributed by atoms with Gasteiger partial charge in [-0.3, -0.25) is 0 Å². The standard InChI is InChI=1S/C13H16ClN3/c1-9-5-6-11(8-12(9)14)17-10(2)7-13(15-17)16(3)4/h5-8H,1-4H3. The van der Waals surface area contributed by atoms with Crippen molar-refractivity contribution >= 4 is 17.4 Å². The van der Waals surface area contributed by atoms with Gasteiger partial charge in [-0.15, -0.1) is 0 Å². The lowest BCUT2D eigenvalue weighted by Crippen LogP contribution is -2.09. The van der Waals surface area contributed by atoms with E-state index in [0.29, 0.717) is 0 Å². The van der Waals surface area contributed by atoms with E-state index in [1.807, 2.05) is 61.8 Å². The SMILES string of the molecule is Cc1ccc(-n2nc(N(C)C)cc2C)cc1Cl. The van der Waals surface area contributed by atoms with Gasteiger partial charge in [-0.1, -0.05) is 17.7 Å². The zero-order chi connectivity index (χ0) is 12.6. The molecule has 0 unspecified atom stereocenters. The molecule has 2 aromatic rings. The number of rotatable bonds is 2. The Bertz CT molecular complexity index is 544. The van der Waals surface area contributed by atoms with Gasteiger partial charge in [-0.2, -0.15) is 5.10 Å². The molecular weight excluding hydrogens is 234 g/mol. The molecule has 1 heterocycles. The third-order valence-corrected chi connectivity index (χ3v) is 3.14. The van der Waals surface area contributed by atoms with E-state index >= 15 is 0 Å². The van der Waals surface area contributed by atoms with E-state index < -0.39 is 0 Å². The van der Waals surface area contributed by atoms with Gasteiger partial charge < -0.3 is 4.90 Å². The summed E-state index contributed by atoms with van der Waals surface area (Å²) in [5.74, 6) is 0.944. The largest absolute Gasteiger partial charge is 0.361 e. The van der Waals surface area contributed by atoms with Crippen LogP contribution in [0.3, 0.4) is 0 Å². The van der Waals surface area contributed by atoms with Crippen molar-refractivity contribution in [3.8, 4) is 5.69 Å². The van der Waals surface area contributed by atoms with Crippen LogP contribution >= 0.6 is 11.6 Å². The summed E-state index contributed by atoms with van der Waals surface area (Å²) in [6, 6.07) is 8.03. The van der Waals surface area contributed by atoms with Crippen LogP contribution in [0.15, 0.2) is 24.3 Å². The van der Waals surface area contributed by atoms with Crippen molar-refractivity contribution in [2.75, 3.05) is 19.0 Å². The molecule has 0 radical (unpaired) electrons. The van der Waals surface area contributed by atoms with Gasteiger partial charge in [-0.25, -0.2) is 4.68 Å². The zero-order valence-electron chi connectivity index (χ0n) is 10.5. The summed E-state index contributed by atoms with van der Waals surface area (Å²) in [6.45, 7) is 4.03. The molecule has 1 aromatic carbocycles. The average Bonchev–Trinajstić information content (AvgIpc) is 2.65. The van der Waals surface area contributed by atoms with Crippen LogP contribution in [-0.4, -0.2) is 23.9 Å². The number of nitrogens with zero attached hydrogens (tertiary/aromatic N) is 3. The number of aromatic nitrogens is 2. The Morgan fingerprint density at radius 2 is 1.88 bits per heavy atom. The normalized spacial score (nSPS) is 10.6. The number of hydrogen-bond donors (Lipinski definition) is 0. The predicted molar refractivity (Wildman–Crippen MR) is 72.4 cm³/mol. The summed E-state index contributed by atoms with van der Waals surface area (Å²) in [5.41, 5.74) is 3.16. The number of hydrogen-bond acceptors (Lipinski definition) is 2. The quantitative estimate of drug-likeness (QED) is 0.815. The Labute approximate surface area is 107 Å². The van der Waals surface area contributed by atoms with Crippen molar-refractivity contribution in [2.24, 2.45) is 0 Å². The van der Waals surface area contributed by atoms with Crippen molar-refractivity contribution in [3.63, 3.8) is 0 Å². The molecule has 0 bridgehead atoms. The molecule has 0 N–H and O–H groups in total. The summed E-state index contributed by atoms with van der Waals surface area (Å²) in [6.07, 6.45) is 0. The summed E-state index contributed by atoms with van der Waals surface area (Å²) < 4.78 is 1.90. The fourth-order valence-corrected chi connectivity index (χ4v) is 1.83. The first-order valence-electron chi connectivity index (χ1n) is 5.49. The first-order valence-corrected chi connectivity index (χ1v) is 5.87. The molecule has 4 heteroatoms. The van der Waals surface area contributed by atoms with Gasteiger partial charge in [0.2, 0.25) is 0 Å². The van der Waals surface area contributed by atoms with Gasteiger partial charge in [-0.05, 0) is 31.5 Å². The highest BCUT2D eigenvalue weighted by Crippen LogP contribution is 2.22. The second-order valence-corrected chi connectivity index (χ2v) is 4.79. The Morgan fingerprint density at radius 3 is 2.41 bits per heavy atom. The Kier molecular flexibility index (Phi) is 3.11. The number of halogens is 1. The van der Waals surface area contributed by atoms with Crippen LogP contribution in [0, 0.1) is 13.8 Å². The summed E-state index contributed by atoms with van der Waals surface area (Å²) >= 11 is 6.13. The topological polar surface area (TPSA) is 21.1 Å². The van der Waals surface area contributed by atoms with E-state index in [1.54, 1.807) is 0 Å². The smallest absolute Gasteiger partial charge is 0.150 e. The van der Waals surface area contributed by atoms with E-state index in [0.717, 1.165) is 27.8 Å². The summed E-state index contributed by atoms with van der Waals surface area (Å²) in [7, 11) is 3.96. The van der Waals surface area contributed by atoms with Crippen molar-refractivity contribution in [1.82, 2.24) is 9.78 Å². The minimum absolute atomic E-state index is 0.767. The molecule has 0 saturated carbocycles. The third kappa shape index (κ3) is 2.29. The fourth-order valence-electron chi connectivity index (χ4n) is 1.65. The molecule has 0 aliphatic carbocycles. The first-order chi connectivity index (χ1) is 7.99. The predicted octanol–water partition coefficient (Wildman–Crippen LogP) is 3.21. The van der Waals surface area contributed by atoms with Gasteiger partial charge >= 0.3 is 0 Å². The highest BCUT2D eigenvalue weighted by Gasteiger charge is 2.08. The highest BCUT2D eigenvalue weighted by atomic mass is 35.5. The Hall–Kier alpha value is -1.48. The molecule has 90 valence electrons. The minimum Gasteiger partial charge on any atom is -0.361 e. The molecule has 0 aliphatic heterocycles. The molecule has 2 rings (SSSR count). The van der Waals surface area contributed by atoms with Crippen molar-refractivity contribution in [1.29, 1.82) is 0 Å². The highest BCUT2D eigenvalue weighted by molar-refractivity contribution is 6.31. The van der Waals surface area contributed by atoms with E-state index in [4.69, 9.17) is 11.6 Å². The maximum absolute atomic E-state index is 6.13. The maximum Gasteiger partial charge on any atom is 0.150 e. The first kappa shape index (κ1) is 12.0. The zero-order valence-corrected chi connectivity index (χ0v) is 11.3. The summed E-state index contributed by atoms with van der Waals surface area (Å²) in [5, 5.41) is 5.30. The Balaban J connectivity index is 2.49. The lowest BCUT2D eigenvalue weighted by Gasteiger charge is -2.08. The van der Waals surface area contributed by atoms with Crippen molar-refractivity contribution in [2.45, 2.75) is 13.8 Å². The van der Waals surface area contributed by atoms with Crippen LogP contribution in [-0.2, 0) is 0 Å². The van der Waals surface area contributed by atoms with Crippen LogP contribution in [0.5, 0.6) is 0 Å². The minimum atomic E-state index is 0.767. The van der Waals surface area contributed by atoms with Gasteiger partial charge in [0.15, 0.2) is 5.82 Å². The molecule has 1 aromatic heterocycles. The molecular formula is C13H16ClN3. The third-order valence-electron chi connectivity index (χ3n) is 2.73. The number of benzene rings is 1. The molecule has 17 heavy (non-hydrogen) atoms. The van der Waals surface area contributed by atoms with E-state index in [9.17, 15) is 0 Å². The van der Waals surface area contributed by atoms with Gasteiger partial charge in [0.05, 0.1) is 5.69 Å². The second-order valence-electron chi connectivity index (χ2n) is 4.38. The van der Waals surface area contributed by atoms with Crippen molar-refractivity contribution in [3.05, 3.63) is 40.5 Å². The number of anilines is 1. The van der Waals surface area contributed by atoms with Crippen LogP contribution < -0.4 is 4.90 Å². The molecule has 0 spiro atoms. The second kappa shape index (κ2) is 4.41. The fraction of sp³-hybridized carbons (Fsp3) is 0.308. The van der Waals surface area contributed by atoms with E-state index in [2.05, 4.69) is 5.10 Å². The molecule has 0 aliphatic rings. The Morgan fingerprint density at radius 1 is 1.18 bits per heavy atom. The monoisotopic (exact) mass is 249 g/mol. The average molecular weight is 250 g/mol. The van der Waals surface area contributed by atoms with Crippen LogP contribution in [0.4, 0.5) is 5.82 Å². The molecule has 0 amide bonds. The van der Waals surface area contributed by atoms with Crippen LogP contribution in [0.1, 0.15) is 11.3 Å². The molecule has 0 fully saturated rings. The van der Waals surface area contributed by atoms with Gasteiger partial charge in [0.25, 0.3) is 0 Å². The molecule has 0 atom stereocenters. The van der Waals surface area contributed by atoms with Gasteiger partial charge in [0, 0.05) is 30.9 Å². The molecule has 3 nitrogen and oxygen atoms in total. The van der Waals surface area contributed by atoms with Gasteiger partial charge in [0.1, 0.15) is 0 Å².